The van der Waals surface area contributed by atoms with Crippen molar-refractivity contribution in [2.45, 2.75) is 19.8 Å². The Balaban J connectivity index is 2.59. The molecule has 0 aliphatic heterocycles. The van der Waals surface area contributed by atoms with Crippen molar-refractivity contribution in [3.63, 3.8) is 0 Å². The normalized spacial score (nSPS) is 11.1. The zero-order valence-electron chi connectivity index (χ0n) is 9.46. The van der Waals surface area contributed by atoms with E-state index in [-0.39, 0.29) is 0 Å². The maximum absolute atomic E-state index is 5.61. The van der Waals surface area contributed by atoms with E-state index in [2.05, 4.69) is 42.9 Å². The SMILES string of the molecule is CCc1ccc2c(CCN)cn(C)c2c1. The van der Waals surface area contributed by atoms with E-state index in [9.17, 15) is 0 Å². The second kappa shape index (κ2) is 4.07. The number of hydrogen-bond acceptors (Lipinski definition) is 1. The fourth-order valence-electron chi connectivity index (χ4n) is 2.09. The van der Waals surface area contributed by atoms with Gasteiger partial charge in [-0.2, -0.15) is 0 Å². The Bertz CT molecular complexity index is 469. The van der Waals surface area contributed by atoms with Crippen LogP contribution in [0, 0.1) is 0 Å². The average molecular weight is 202 g/mol. The van der Waals surface area contributed by atoms with Crippen molar-refractivity contribution in [1.29, 1.82) is 0 Å². The molecule has 2 N–H and O–H groups in total. The molecular formula is C13H18N2. The first-order valence-corrected chi connectivity index (χ1v) is 5.53. The Morgan fingerprint density at radius 2 is 2.13 bits per heavy atom. The summed E-state index contributed by atoms with van der Waals surface area (Å²) >= 11 is 0. The molecule has 2 nitrogen and oxygen atoms in total. The summed E-state index contributed by atoms with van der Waals surface area (Å²) in [6, 6.07) is 6.71. The van der Waals surface area contributed by atoms with Crippen LogP contribution in [0.1, 0.15) is 18.1 Å². The second-order valence-electron chi connectivity index (χ2n) is 4.01. The predicted octanol–water partition coefficient (Wildman–Crippen LogP) is 2.24. The van der Waals surface area contributed by atoms with Gasteiger partial charge in [0.25, 0.3) is 0 Å². The van der Waals surface area contributed by atoms with Gasteiger partial charge in [0.15, 0.2) is 0 Å². The summed E-state index contributed by atoms with van der Waals surface area (Å²) in [5, 5.41) is 1.35. The summed E-state index contributed by atoms with van der Waals surface area (Å²) in [5.74, 6) is 0. The minimum absolute atomic E-state index is 0.717. The molecule has 2 heteroatoms. The van der Waals surface area contributed by atoms with E-state index in [1.165, 1.54) is 22.0 Å². The highest BCUT2D eigenvalue weighted by Crippen LogP contribution is 2.22. The van der Waals surface area contributed by atoms with Crippen molar-refractivity contribution < 1.29 is 0 Å². The lowest BCUT2D eigenvalue weighted by Gasteiger charge is -2.00. The Hall–Kier alpha value is -1.28. The number of rotatable bonds is 3. The van der Waals surface area contributed by atoms with Gasteiger partial charge in [0.2, 0.25) is 0 Å². The van der Waals surface area contributed by atoms with E-state index >= 15 is 0 Å². The summed E-state index contributed by atoms with van der Waals surface area (Å²) < 4.78 is 2.19. The van der Waals surface area contributed by atoms with Gasteiger partial charge >= 0.3 is 0 Å². The minimum Gasteiger partial charge on any atom is -0.350 e. The van der Waals surface area contributed by atoms with Crippen molar-refractivity contribution >= 4 is 10.9 Å². The van der Waals surface area contributed by atoms with Gasteiger partial charge in [-0.15, -0.1) is 0 Å². The molecule has 2 aromatic rings. The van der Waals surface area contributed by atoms with Gasteiger partial charge in [0.05, 0.1) is 0 Å². The standard InChI is InChI=1S/C13H18N2/c1-3-10-4-5-12-11(6-7-14)9-15(2)13(12)8-10/h4-5,8-9H,3,6-7,14H2,1-2H3. The van der Waals surface area contributed by atoms with E-state index in [1.807, 2.05) is 0 Å². The van der Waals surface area contributed by atoms with E-state index in [1.54, 1.807) is 0 Å². The Morgan fingerprint density at radius 1 is 1.33 bits per heavy atom. The van der Waals surface area contributed by atoms with Crippen LogP contribution in [0.5, 0.6) is 0 Å². The van der Waals surface area contributed by atoms with E-state index in [4.69, 9.17) is 5.73 Å². The highest BCUT2D eigenvalue weighted by atomic mass is 14.9. The van der Waals surface area contributed by atoms with Gasteiger partial charge in [-0.3, -0.25) is 0 Å². The minimum atomic E-state index is 0.717. The molecule has 2 rings (SSSR count). The Morgan fingerprint density at radius 3 is 2.80 bits per heavy atom. The van der Waals surface area contributed by atoms with E-state index in [0.717, 1.165) is 12.8 Å². The maximum Gasteiger partial charge on any atom is 0.0483 e. The lowest BCUT2D eigenvalue weighted by Crippen LogP contribution is -2.01. The molecule has 0 bridgehead atoms. The van der Waals surface area contributed by atoms with Gasteiger partial charge in [-0.05, 0) is 36.6 Å². The zero-order valence-corrected chi connectivity index (χ0v) is 9.46. The lowest BCUT2D eigenvalue weighted by molar-refractivity contribution is 0.928. The topological polar surface area (TPSA) is 30.9 Å². The molecule has 0 aliphatic carbocycles. The molecule has 0 saturated heterocycles. The fourth-order valence-corrected chi connectivity index (χ4v) is 2.09. The van der Waals surface area contributed by atoms with Gasteiger partial charge in [0, 0.05) is 24.1 Å². The summed E-state index contributed by atoms with van der Waals surface area (Å²) in [6.07, 6.45) is 4.24. The molecule has 15 heavy (non-hydrogen) atoms. The van der Waals surface area contributed by atoms with Gasteiger partial charge in [0.1, 0.15) is 0 Å². The maximum atomic E-state index is 5.61. The first-order valence-electron chi connectivity index (χ1n) is 5.53. The summed E-state index contributed by atoms with van der Waals surface area (Å²) in [7, 11) is 2.10. The van der Waals surface area contributed by atoms with Gasteiger partial charge in [-0.25, -0.2) is 0 Å². The van der Waals surface area contributed by atoms with Gasteiger partial charge in [-0.1, -0.05) is 19.1 Å². The number of fused-ring (bicyclic) bond motifs is 1. The number of nitrogens with zero attached hydrogens (tertiary/aromatic N) is 1. The third kappa shape index (κ3) is 1.77. The number of hydrogen-bond donors (Lipinski definition) is 1. The number of nitrogens with two attached hydrogens (primary N) is 1. The second-order valence-corrected chi connectivity index (χ2v) is 4.01. The largest absolute Gasteiger partial charge is 0.350 e. The van der Waals surface area contributed by atoms with Crippen molar-refractivity contribution in [2.24, 2.45) is 12.8 Å². The smallest absolute Gasteiger partial charge is 0.0483 e. The third-order valence-electron chi connectivity index (χ3n) is 2.96. The lowest BCUT2D eigenvalue weighted by atomic mass is 10.1. The molecule has 0 fully saturated rings. The molecule has 0 saturated carbocycles. The molecule has 0 aliphatic rings. The molecule has 1 heterocycles. The monoisotopic (exact) mass is 202 g/mol. The fraction of sp³-hybridized carbons (Fsp3) is 0.385. The molecule has 1 aromatic carbocycles. The van der Waals surface area contributed by atoms with Crippen LogP contribution in [-0.2, 0) is 19.9 Å². The molecule has 1 aromatic heterocycles. The molecule has 0 amide bonds. The first kappa shape index (κ1) is 10.2. The number of benzene rings is 1. The van der Waals surface area contributed by atoms with Crippen LogP contribution in [0.25, 0.3) is 10.9 Å². The van der Waals surface area contributed by atoms with Crippen LogP contribution in [0.4, 0.5) is 0 Å². The molecule has 0 unspecified atom stereocenters. The van der Waals surface area contributed by atoms with Gasteiger partial charge < -0.3 is 10.3 Å². The van der Waals surface area contributed by atoms with Crippen molar-refractivity contribution in [1.82, 2.24) is 4.57 Å². The molecule has 0 atom stereocenters. The quantitative estimate of drug-likeness (QED) is 0.813. The van der Waals surface area contributed by atoms with Crippen molar-refractivity contribution in [3.8, 4) is 0 Å². The Labute approximate surface area is 90.7 Å². The van der Waals surface area contributed by atoms with Crippen LogP contribution in [0.2, 0.25) is 0 Å². The zero-order chi connectivity index (χ0) is 10.8. The van der Waals surface area contributed by atoms with Crippen molar-refractivity contribution in [2.75, 3.05) is 6.54 Å². The van der Waals surface area contributed by atoms with Crippen LogP contribution >= 0.6 is 0 Å². The summed E-state index contributed by atoms with van der Waals surface area (Å²) in [4.78, 5) is 0. The number of aryl methyl sites for hydroxylation is 2. The van der Waals surface area contributed by atoms with Crippen molar-refractivity contribution in [3.05, 3.63) is 35.5 Å². The predicted molar refractivity (Wildman–Crippen MR) is 65.1 cm³/mol. The first-order chi connectivity index (χ1) is 7.26. The highest BCUT2D eigenvalue weighted by Gasteiger charge is 2.05. The molecule has 0 radical (unpaired) electrons. The summed E-state index contributed by atoms with van der Waals surface area (Å²) in [5.41, 5.74) is 9.68. The van der Waals surface area contributed by atoms with Crippen LogP contribution < -0.4 is 5.73 Å². The molecule has 80 valence electrons. The Kier molecular flexibility index (Phi) is 2.78. The van der Waals surface area contributed by atoms with Crippen LogP contribution in [0.3, 0.4) is 0 Å². The summed E-state index contributed by atoms with van der Waals surface area (Å²) in [6.45, 7) is 2.90. The van der Waals surface area contributed by atoms with Crippen LogP contribution in [0.15, 0.2) is 24.4 Å². The van der Waals surface area contributed by atoms with E-state index in [0.29, 0.717) is 6.54 Å². The molecular weight excluding hydrogens is 184 g/mol. The van der Waals surface area contributed by atoms with Crippen LogP contribution in [-0.4, -0.2) is 11.1 Å². The number of aromatic nitrogens is 1. The molecule has 0 spiro atoms. The third-order valence-corrected chi connectivity index (χ3v) is 2.96. The van der Waals surface area contributed by atoms with E-state index < -0.39 is 0 Å². The highest BCUT2D eigenvalue weighted by molar-refractivity contribution is 5.84. The average Bonchev–Trinajstić information content (AvgIpc) is 2.56.